The summed E-state index contributed by atoms with van der Waals surface area (Å²) in [6.45, 7) is 7.08. The molecule has 0 aliphatic carbocycles. The molecule has 4 heteroatoms. The Kier molecular flexibility index (Phi) is 6.01. The number of methoxy groups -OCH3 is 1. The SMILES string of the molecule is COCCNCc1cc(C)ccc1N1CCSCC1. The first-order valence-electron chi connectivity index (χ1n) is 6.93. The molecule has 0 spiro atoms. The Labute approximate surface area is 120 Å². The van der Waals surface area contributed by atoms with E-state index in [0.29, 0.717) is 0 Å². The summed E-state index contributed by atoms with van der Waals surface area (Å²) in [6.07, 6.45) is 0. The van der Waals surface area contributed by atoms with Crippen LogP contribution < -0.4 is 10.2 Å². The van der Waals surface area contributed by atoms with E-state index in [1.54, 1.807) is 7.11 Å². The van der Waals surface area contributed by atoms with E-state index in [1.807, 2.05) is 0 Å². The highest BCUT2D eigenvalue weighted by atomic mass is 32.2. The summed E-state index contributed by atoms with van der Waals surface area (Å²) in [5.41, 5.74) is 4.14. The van der Waals surface area contributed by atoms with Crippen molar-refractivity contribution in [2.45, 2.75) is 13.5 Å². The van der Waals surface area contributed by atoms with Crippen LogP contribution in [-0.4, -0.2) is 44.9 Å². The van der Waals surface area contributed by atoms with Crippen LogP contribution in [0.1, 0.15) is 11.1 Å². The third-order valence-corrected chi connectivity index (χ3v) is 4.33. The van der Waals surface area contributed by atoms with Crippen LogP contribution in [0.5, 0.6) is 0 Å². The number of aryl methyl sites for hydroxylation is 1. The van der Waals surface area contributed by atoms with Crippen molar-refractivity contribution in [1.82, 2.24) is 5.32 Å². The molecule has 1 fully saturated rings. The minimum absolute atomic E-state index is 0.765. The third kappa shape index (κ3) is 4.41. The lowest BCUT2D eigenvalue weighted by atomic mass is 10.1. The van der Waals surface area contributed by atoms with E-state index in [4.69, 9.17) is 4.74 Å². The minimum Gasteiger partial charge on any atom is -0.383 e. The molecule has 0 amide bonds. The molecular formula is C15H24N2OS. The molecule has 1 aliphatic rings. The van der Waals surface area contributed by atoms with Gasteiger partial charge in [0.25, 0.3) is 0 Å². The number of rotatable bonds is 6. The standard InChI is InChI=1S/C15H24N2OS/c1-13-3-4-15(17-6-9-19-10-7-17)14(11-13)12-16-5-8-18-2/h3-4,11,16H,5-10,12H2,1-2H3. The summed E-state index contributed by atoms with van der Waals surface area (Å²) in [7, 11) is 1.74. The second-order valence-corrected chi connectivity index (χ2v) is 6.13. The molecule has 2 rings (SSSR count). The molecule has 1 heterocycles. The van der Waals surface area contributed by atoms with E-state index in [9.17, 15) is 0 Å². The predicted octanol–water partition coefficient (Wildman–Crippen LogP) is 2.28. The predicted molar refractivity (Wildman–Crippen MR) is 84.3 cm³/mol. The number of thioether (sulfide) groups is 1. The van der Waals surface area contributed by atoms with Crippen molar-refractivity contribution in [2.75, 3.05) is 49.8 Å². The molecule has 1 aliphatic heterocycles. The summed E-state index contributed by atoms with van der Waals surface area (Å²) in [5.74, 6) is 2.48. The summed E-state index contributed by atoms with van der Waals surface area (Å²) < 4.78 is 5.07. The first-order chi connectivity index (χ1) is 9.31. The second kappa shape index (κ2) is 7.78. The van der Waals surface area contributed by atoms with Crippen LogP contribution in [0.15, 0.2) is 18.2 Å². The van der Waals surface area contributed by atoms with Crippen molar-refractivity contribution in [3.8, 4) is 0 Å². The molecule has 3 nitrogen and oxygen atoms in total. The first-order valence-corrected chi connectivity index (χ1v) is 8.08. The van der Waals surface area contributed by atoms with E-state index in [2.05, 4.69) is 47.1 Å². The average molecular weight is 280 g/mol. The van der Waals surface area contributed by atoms with Crippen molar-refractivity contribution in [3.05, 3.63) is 29.3 Å². The fourth-order valence-electron chi connectivity index (χ4n) is 2.37. The van der Waals surface area contributed by atoms with Crippen molar-refractivity contribution < 1.29 is 4.74 Å². The van der Waals surface area contributed by atoms with Crippen LogP contribution in [0.3, 0.4) is 0 Å². The number of hydrogen-bond acceptors (Lipinski definition) is 4. The number of ether oxygens (including phenoxy) is 1. The monoisotopic (exact) mass is 280 g/mol. The molecule has 0 saturated carbocycles. The summed E-state index contributed by atoms with van der Waals surface area (Å²) in [5, 5.41) is 3.45. The summed E-state index contributed by atoms with van der Waals surface area (Å²) in [6, 6.07) is 6.80. The van der Waals surface area contributed by atoms with Gasteiger partial charge in [0.05, 0.1) is 6.61 Å². The highest BCUT2D eigenvalue weighted by Crippen LogP contribution is 2.24. The van der Waals surface area contributed by atoms with Gasteiger partial charge in [0.1, 0.15) is 0 Å². The number of anilines is 1. The second-order valence-electron chi connectivity index (χ2n) is 4.90. The maximum Gasteiger partial charge on any atom is 0.0587 e. The molecule has 1 N–H and O–H groups in total. The van der Waals surface area contributed by atoms with E-state index in [-0.39, 0.29) is 0 Å². The van der Waals surface area contributed by atoms with Gasteiger partial charge in [-0.15, -0.1) is 0 Å². The van der Waals surface area contributed by atoms with E-state index >= 15 is 0 Å². The van der Waals surface area contributed by atoms with E-state index < -0.39 is 0 Å². The summed E-state index contributed by atoms with van der Waals surface area (Å²) in [4.78, 5) is 2.52. The molecule has 1 saturated heterocycles. The fourth-order valence-corrected chi connectivity index (χ4v) is 3.27. The quantitative estimate of drug-likeness (QED) is 0.808. The maximum atomic E-state index is 5.07. The molecule has 0 aromatic heterocycles. The Morgan fingerprint density at radius 3 is 2.84 bits per heavy atom. The Bertz CT molecular complexity index is 392. The molecule has 0 radical (unpaired) electrons. The van der Waals surface area contributed by atoms with Gasteiger partial charge < -0.3 is 15.0 Å². The van der Waals surface area contributed by atoms with Gasteiger partial charge in [-0.2, -0.15) is 11.8 Å². The number of nitrogens with one attached hydrogen (secondary N) is 1. The zero-order valence-electron chi connectivity index (χ0n) is 11.9. The number of hydrogen-bond donors (Lipinski definition) is 1. The molecule has 1 aromatic carbocycles. The Morgan fingerprint density at radius 1 is 1.32 bits per heavy atom. The van der Waals surface area contributed by atoms with Gasteiger partial charge in [0.15, 0.2) is 0 Å². The minimum atomic E-state index is 0.765. The molecule has 0 bridgehead atoms. The van der Waals surface area contributed by atoms with Gasteiger partial charge in [0, 0.05) is 50.5 Å². The molecule has 106 valence electrons. The Balaban J connectivity index is 2.03. The van der Waals surface area contributed by atoms with Crippen LogP contribution >= 0.6 is 11.8 Å². The van der Waals surface area contributed by atoms with Crippen LogP contribution in [0, 0.1) is 6.92 Å². The van der Waals surface area contributed by atoms with Gasteiger partial charge in [-0.25, -0.2) is 0 Å². The highest BCUT2D eigenvalue weighted by molar-refractivity contribution is 7.99. The van der Waals surface area contributed by atoms with Crippen LogP contribution in [0.2, 0.25) is 0 Å². The zero-order valence-corrected chi connectivity index (χ0v) is 12.8. The third-order valence-electron chi connectivity index (χ3n) is 3.39. The first kappa shape index (κ1) is 14.7. The molecule has 0 unspecified atom stereocenters. The van der Waals surface area contributed by atoms with E-state index in [0.717, 1.165) is 19.7 Å². The largest absolute Gasteiger partial charge is 0.383 e. The van der Waals surface area contributed by atoms with Crippen molar-refractivity contribution in [3.63, 3.8) is 0 Å². The lowest BCUT2D eigenvalue weighted by Gasteiger charge is -2.30. The molecular weight excluding hydrogens is 256 g/mol. The van der Waals surface area contributed by atoms with Crippen molar-refractivity contribution >= 4 is 17.4 Å². The van der Waals surface area contributed by atoms with Gasteiger partial charge >= 0.3 is 0 Å². The highest BCUT2D eigenvalue weighted by Gasteiger charge is 2.14. The van der Waals surface area contributed by atoms with Gasteiger partial charge in [-0.3, -0.25) is 0 Å². The average Bonchev–Trinajstić information content (AvgIpc) is 2.45. The van der Waals surface area contributed by atoms with Crippen LogP contribution in [0.25, 0.3) is 0 Å². The maximum absolute atomic E-state index is 5.07. The summed E-state index contributed by atoms with van der Waals surface area (Å²) >= 11 is 2.05. The van der Waals surface area contributed by atoms with Crippen LogP contribution in [-0.2, 0) is 11.3 Å². The fraction of sp³-hybridized carbons (Fsp3) is 0.600. The lowest BCUT2D eigenvalue weighted by molar-refractivity contribution is 0.199. The molecule has 19 heavy (non-hydrogen) atoms. The molecule has 0 atom stereocenters. The van der Waals surface area contributed by atoms with Crippen LogP contribution in [0.4, 0.5) is 5.69 Å². The van der Waals surface area contributed by atoms with Gasteiger partial charge in [-0.05, 0) is 18.6 Å². The van der Waals surface area contributed by atoms with E-state index in [1.165, 1.54) is 41.4 Å². The van der Waals surface area contributed by atoms with Crippen molar-refractivity contribution in [1.29, 1.82) is 0 Å². The van der Waals surface area contributed by atoms with Gasteiger partial charge in [0.2, 0.25) is 0 Å². The number of benzene rings is 1. The lowest BCUT2D eigenvalue weighted by Crippen LogP contribution is -2.33. The van der Waals surface area contributed by atoms with Gasteiger partial charge in [-0.1, -0.05) is 17.7 Å². The Hall–Kier alpha value is -0.710. The van der Waals surface area contributed by atoms with Crippen molar-refractivity contribution in [2.24, 2.45) is 0 Å². The normalized spacial score (nSPS) is 15.8. The topological polar surface area (TPSA) is 24.5 Å². The number of nitrogens with zero attached hydrogens (tertiary/aromatic N) is 1. The zero-order chi connectivity index (χ0) is 13.5. The molecule has 1 aromatic rings. The Morgan fingerprint density at radius 2 is 2.11 bits per heavy atom. The smallest absolute Gasteiger partial charge is 0.0587 e.